The van der Waals surface area contributed by atoms with Crippen LogP contribution in [-0.2, 0) is 9.53 Å². The maximum atomic E-state index is 11.8. The molecule has 1 rings (SSSR count). The summed E-state index contributed by atoms with van der Waals surface area (Å²) in [5, 5.41) is 3.38. The number of methoxy groups -OCH3 is 1. The van der Waals surface area contributed by atoms with Crippen molar-refractivity contribution < 1.29 is 9.53 Å². The molecule has 1 saturated heterocycles. The molecule has 1 N–H and O–H groups in total. The third-order valence-corrected chi connectivity index (χ3v) is 4.04. The molecule has 1 amide bonds. The van der Waals surface area contributed by atoms with Gasteiger partial charge in [0.1, 0.15) is 6.54 Å². The first-order valence-electron chi connectivity index (χ1n) is 8.02. The molecule has 1 heterocycles. The number of aliphatic imine (C=N–C) groups is 1. The zero-order chi connectivity index (χ0) is 16.8. The molecule has 128 valence electrons. The Morgan fingerprint density at radius 2 is 1.95 bits per heavy atom. The van der Waals surface area contributed by atoms with Gasteiger partial charge in [0.15, 0.2) is 5.96 Å². The zero-order valence-corrected chi connectivity index (χ0v) is 15.0. The maximum Gasteiger partial charge on any atom is 0.243 e. The van der Waals surface area contributed by atoms with E-state index in [1.54, 1.807) is 26.1 Å². The summed E-state index contributed by atoms with van der Waals surface area (Å²) in [5.41, 5.74) is 0.244. The van der Waals surface area contributed by atoms with Crippen molar-refractivity contribution in [3.63, 3.8) is 0 Å². The number of likely N-dealkylation sites (N-methyl/N-ethyl adjacent to an activating group) is 1. The van der Waals surface area contributed by atoms with Gasteiger partial charge in [-0.25, -0.2) is 4.99 Å². The molecule has 0 aromatic carbocycles. The summed E-state index contributed by atoms with van der Waals surface area (Å²) in [7, 11) is 5.27. The summed E-state index contributed by atoms with van der Waals surface area (Å²) in [5.74, 6) is 0.856. The molecule has 0 atom stereocenters. The molecule has 1 aliphatic heterocycles. The Bertz CT molecular complexity index is 386. The Kier molecular flexibility index (Phi) is 7.13. The van der Waals surface area contributed by atoms with Crippen LogP contribution in [0.4, 0.5) is 0 Å². The lowest BCUT2D eigenvalue weighted by Gasteiger charge is -2.40. The second-order valence-electron chi connectivity index (χ2n) is 6.96. The van der Waals surface area contributed by atoms with Crippen LogP contribution in [0, 0.1) is 5.41 Å². The van der Waals surface area contributed by atoms with Gasteiger partial charge in [0.25, 0.3) is 0 Å². The van der Waals surface area contributed by atoms with Crippen LogP contribution in [0.25, 0.3) is 0 Å². The minimum absolute atomic E-state index is 0.0179. The van der Waals surface area contributed by atoms with Crippen molar-refractivity contribution in [1.82, 2.24) is 15.1 Å². The Balaban J connectivity index is 2.69. The summed E-state index contributed by atoms with van der Waals surface area (Å²) in [6.45, 7) is 9.31. The molecule has 0 aliphatic carbocycles. The predicted octanol–water partition coefficient (Wildman–Crippen LogP) is 1.18. The van der Waals surface area contributed by atoms with Gasteiger partial charge in [-0.15, -0.1) is 0 Å². The van der Waals surface area contributed by atoms with E-state index in [-0.39, 0.29) is 17.9 Å². The molecule has 0 radical (unpaired) electrons. The van der Waals surface area contributed by atoms with Crippen LogP contribution < -0.4 is 5.32 Å². The van der Waals surface area contributed by atoms with E-state index in [1.807, 2.05) is 0 Å². The molecular weight excluding hydrogens is 280 g/mol. The number of piperidine rings is 1. The summed E-state index contributed by atoms with van der Waals surface area (Å²) in [6, 6.07) is 0.292. The summed E-state index contributed by atoms with van der Waals surface area (Å²) >= 11 is 0. The van der Waals surface area contributed by atoms with Gasteiger partial charge >= 0.3 is 0 Å². The Morgan fingerprint density at radius 3 is 2.41 bits per heavy atom. The highest BCUT2D eigenvalue weighted by molar-refractivity contribution is 5.85. The number of hydrogen-bond acceptors (Lipinski definition) is 3. The van der Waals surface area contributed by atoms with Crippen molar-refractivity contribution in [3.05, 3.63) is 0 Å². The van der Waals surface area contributed by atoms with Crippen molar-refractivity contribution in [2.75, 3.05) is 47.4 Å². The van der Waals surface area contributed by atoms with Gasteiger partial charge in [0, 0.05) is 40.3 Å². The first kappa shape index (κ1) is 18.7. The number of ether oxygens (including phenoxy) is 1. The van der Waals surface area contributed by atoms with Crippen molar-refractivity contribution in [3.8, 4) is 0 Å². The van der Waals surface area contributed by atoms with Gasteiger partial charge in [-0.2, -0.15) is 0 Å². The minimum atomic E-state index is 0.0179. The molecule has 0 aromatic rings. The van der Waals surface area contributed by atoms with Gasteiger partial charge in [-0.05, 0) is 32.1 Å². The molecule has 22 heavy (non-hydrogen) atoms. The fourth-order valence-electron chi connectivity index (χ4n) is 2.53. The van der Waals surface area contributed by atoms with E-state index >= 15 is 0 Å². The Labute approximate surface area is 134 Å². The van der Waals surface area contributed by atoms with Gasteiger partial charge in [0.2, 0.25) is 5.91 Å². The number of carbonyl (C=O) groups is 1. The lowest BCUT2D eigenvalue weighted by Crippen LogP contribution is -2.50. The average Bonchev–Trinajstić information content (AvgIpc) is 2.43. The molecule has 0 aromatic heterocycles. The summed E-state index contributed by atoms with van der Waals surface area (Å²) < 4.78 is 5.34. The third kappa shape index (κ3) is 5.83. The first-order valence-corrected chi connectivity index (χ1v) is 8.02. The van der Waals surface area contributed by atoms with E-state index in [0.29, 0.717) is 6.04 Å². The number of guanidine groups is 1. The average molecular weight is 312 g/mol. The lowest BCUT2D eigenvalue weighted by atomic mass is 9.81. The van der Waals surface area contributed by atoms with Crippen LogP contribution in [0.2, 0.25) is 0 Å². The maximum absolute atomic E-state index is 11.8. The number of likely N-dealkylation sites (tertiary alicyclic amines) is 1. The van der Waals surface area contributed by atoms with Crippen LogP contribution in [0.5, 0.6) is 0 Å². The van der Waals surface area contributed by atoms with Crippen molar-refractivity contribution in [2.24, 2.45) is 10.4 Å². The highest BCUT2D eigenvalue weighted by atomic mass is 16.5. The highest BCUT2D eigenvalue weighted by Crippen LogP contribution is 2.30. The van der Waals surface area contributed by atoms with Crippen LogP contribution in [0.3, 0.4) is 0 Å². The van der Waals surface area contributed by atoms with Crippen molar-refractivity contribution in [1.29, 1.82) is 0 Å². The predicted molar refractivity (Wildman–Crippen MR) is 90.1 cm³/mol. The lowest BCUT2D eigenvalue weighted by molar-refractivity contribution is -0.127. The monoisotopic (exact) mass is 312 g/mol. The summed E-state index contributed by atoms with van der Waals surface area (Å²) in [6.07, 6.45) is 2.14. The molecule has 1 aliphatic rings. The molecule has 0 saturated carbocycles. The number of rotatable bonds is 5. The van der Waals surface area contributed by atoms with E-state index in [0.717, 1.165) is 38.5 Å². The van der Waals surface area contributed by atoms with Crippen LogP contribution in [0.15, 0.2) is 4.99 Å². The van der Waals surface area contributed by atoms with Gasteiger partial charge in [-0.3, -0.25) is 4.79 Å². The van der Waals surface area contributed by atoms with Gasteiger partial charge in [-0.1, -0.05) is 6.92 Å². The number of amides is 1. The third-order valence-electron chi connectivity index (χ3n) is 4.04. The molecule has 6 heteroatoms. The number of hydrogen-bond donors (Lipinski definition) is 1. The van der Waals surface area contributed by atoms with E-state index in [2.05, 4.69) is 36.0 Å². The Hall–Kier alpha value is -1.30. The largest absolute Gasteiger partial charge is 0.384 e. The Morgan fingerprint density at radius 1 is 1.36 bits per heavy atom. The highest BCUT2D eigenvalue weighted by Gasteiger charge is 2.31. The number of nitrogens with zero attached hydrogens (tertiary/aromatic N) is 3. The fraction of sp³-hybridized carbons (Fsp3) is 0.875. The van der Waals surface area contributed by atoms with E-state index in [9.17, 15) is 4.79 Å². The minimum Gasteiger partial charge on any atom is -0.384 e. The van der Waals surface area contributed by atoms with E-state index in [1.165, 1.54) is 0 Å². The van der Waals surface area contributed by atoms with Crippen molar-refractivity contribution in [2.45, 2.75) is 39.7 Å². The molecule has 0 spiro atoms. The normalized spacial score (nSPS) is 18.5. The zero-order valence-electron chi connectivity index (χ0n) is 15.0. The van der Waals surface area contributed by atoms with Gasteiger partial charge in [0.05, 0.1) is 6.61 Å². The van der Waals surface area contributed by atoms with Crippen LogP contribution in [0.1, 0.15) is 33.6 Å². The molecular formula is C16H32N4O2. The van der Waals surface area contributed by atoms with Crippen LogP contribution in [-0.4, -0.2) is 75.2 Å². The van der Waals surface area contributed by atoms with Crippen molar-refractivity contribution >= 4 is 11.9 Å². The topological polar surface area (TPSA) is 57.2 Å². The van der Waals surface area contributed by atoms with E-state index < -0.39 is 0 Å². The van der Waals surface area contributed by atoms with Gasteiger partial charge < -0.3 is 19.9 Å². The first-order chi connectivity index (χ1) is 10.3. The molecule has 0 bridgehead atoms. The number of carbonyl (C=O) groups excluding carboxylic acids is 1. The number of nitrogens with one attached hydrogen (secondary N) is 1. The second-order valence-corrected chi connectivity index (χ2v) is 6.96. The standard InChI is InChI=1S/C16H32N4O2/c1-13(2)18-15(17-11-14(21)19(4)5)20-9-7-16(3,8-10-20)12-22-6/h13H,7-12H2,1-6H3,(H,17,18). The molecule has 0 unspecified atom stereocenters. The molecule has 6 nitrogen and oxygen atoms in total. The SMILES string of the molecule is COCC1(C)CCN(C(=NCC(=O)N(C)C)NC(C)C)CC1. The smallest absolute Gasteiger partial charge is 0.243 e. The fourth-order valence-corrected chi connectivity index (χ4v) is 2.53. The molecule has 1 fully saturated rings. The van der Waals surface area contributed by atoms with Crippen LogP contribution >= 0.6 is 0 Å². The summed E-state index contributed by atoms with van der Waals surface area (Å²) in [4.78, 5) is 20.1. The van der Waals surface area contributed by atoms with E-state index in [4.69, 9.17) is 4.74 Å². The second kappa shape index (κ2) is 8.36. The quantitative estimate of drug-likeness (QED) is 0.612.